The number of nitrogens with zero attached hydrogens (tertiary/aromatic N) is 2. The van der Waals surface area contributed by atoms with Crippen LogP contribution in [0.4, 0.5) is 5.82 Å². The highest BCUT2D eigenvalue weighted by atomic mass is 16.5. The summed E-state index contributed by atoms with van der Waals surface area (Å²) in [4.78, 5) is 7.15. The number of aromatic nitrogens is 1. The van der Waals surface area contributed by atoms with Crippen molar-refractivity contribution in [2.75, 3.05) is 38.3 Å². The van der Waals surface area contributed by atoms with E-state index in [9.17, 15) is 0 Å². The molecule has 0 radical (unpaired) electrons. The molecular weight excluding hydrogens is 288 g/mol. The Labute approximate surface area is 137 Å². The molecule has 2 fully saturated rings. The molecule has 1 aromatic heterocycles. The predicted octanol–water partition coefficient (Wildman–Crippen LogP) is 3.50. The zero-order chi connectivity index (χ0) is 15.6. The van der Waals surface area contributed by atoms with Crippen LogP contribution >= 0.6 is 0 Å². The molecule has 0 aliphatic carbocycles. The minimum Gasteiger partial charge on any atom is -0.496 e. The standard InChI is InChI=1S/C19H24N2O2/c1-22-18-4-2-3-17-16(18)5-9-20-19(17)21-10-6-15(13-21)14-7-11-23-12-8-14/h2-5,9,14-15H,6-8,10-13H2,1H3/t15-/m0/s1. The summed E-state index contributed by atoms with van der Waals surface area (Å²) in [7, 11) is 1.73. The smallest absolute Gasteiger partial charge is 0.136 e. The molecule has 0 N–H and O–H groups in total. The number of methoxy groups -OCH3 is 1. The molecule has 0 saturated carbocycles. The molecule has 4 rings (SSSR count). The van der Waals surface area contributed by atoms with Gasteiger partial charge in [-0.15, -0.1) is 0 Å². The number of pyridine rings is 1. The van der Waals surface area contributed by atoms with E-state index in [1.807, 2.05) is 18.3 Å². The first-order chi connectivity index (χ1) is 11.4. The van der Waals surface area contributed by atoms with Crippen molar-refractivity contribution in [2.24, 2.45) is 11.8 Å². The van der Waals surface area contributed by atoms with E-state index >= 15 is 0 Å². The lowest BCUT2D eigenvalue weighted by atomic mass is 9.85. The van der Waals surface area contributed by atoms with Gasteiger partial charge in [0.25, 0.3) is 0 Å². The van der Waals surface area contributed by atoms with E-state index in [0.717, 1.165) is 55.1 Å². The summed E-state index contributed by atoms with van der Waals surface area (Å²) in [5, 5.41) is 2.34. The van der Waals surface area contributed by atoms with E-state index in [1.54, 1.807) is 7.11 Å². The summed E-state index contributed by atoms with van der Waals surface area (Å²) in [6.45, 7) is 4.09. The molecule has 2 aromatic rings. The lowest BCUT2D eigenvalue weighted by Crippen LogP contribution is -2.27. The van der Waals surface area contributed by atoms with Crippen LogP contribution in [0.1, 0.15) is 19.3 Å². The van der Waals surface area contributed by atoms with Crippen molar-refractivity contribution < 1.29 is 9.47 Å². The van der Waals surface area contributed by atoms with Crippen LogP contribution in [0.2, 0.25) is 0 Å². The molecule has 0 unspecified atom stereocenters. The number of fused-ring (bicyclic) bond motifs is 1. The van der Waals surface area contributed by atoms with Gasteiger partial charge in [0.1, 0.15) is 11.6 Å². The molecule has 23 heavy (non-hydrogen) atoms. The van der Waals surface area contributed by atoms with E-state index in [0.29, 0.717) is 0 Å². The average molecular weight is 312 g/mol. The highest BCUT2D eigenvalue weighted by molar-refractivity contribution is 5.96. The van der Waals surface area contributed by atoms with Crippen LogP contribution in [0.3, 0.4) is 0 Å². The normalized spacial score (nSPS) is 22.7. The third kappa shape index (κ3) is 2.76. The zero-order valence-corrected chi connectivity index (χ0v) is 13.7. The topological polar surface area (TPSA) is 34.6 Å². The molecule has 4 nitrogen and oxygen atoms in total. The molecule has 2 aliphatic heterocycles. The highest BCUT2D eigenvalue weighted by Gasteiger charge is 2.31. The maximum Gasteiger partial charge on any atom is 0.136 e. The zero-order valence-electron chi connectivity index (χ0n) is 13.7. The van der Waals surface area contributed by atoms with Gasteiger partial charge >= 0.3 is 0 Å². The minimum atomic E-state index is 0.779. The van der Waals surface area contributed by atoms with Crippen LogP contribution in [-0.2, 0) is 4.74 Å². The molecule has 0 spiro atoms. The lowest BCUT2D eigenvalue weighted by molar-refractivity contribution is 0.0500. The van der Waals surface area contributed by atoms with Gasteiger partial charge in [-0.3, -0.25) is 0 Å². The van der Waals surface area contributed by atoms with Crippen molar-refractivity contribution in [1.29, 1.82) is 0 Å². The summed E-state index contributed by atoms with van der Waals surface area (Å²) in [6.07, 6.45) is 5.61. The summed E-state index contributed by atoms with van der Waals surface area (Å²) >= 11 is 0. The Morgan fingerprint density at radius 3 is 2.78 bits per heavy atom. The Morgan fingerprint density at radius 1 is 1.09 bits per heavy atom. The van der Waals surface area contributed by atoms with Gasteiger partial charge < -0.3 is 14.4 Å². The number of anilines is 1. The van der Waals surface area contributed by atoms with Crippen LogP contribution < -0.4 is 9.64 Å². The molecule has 122 valence electrons. The lowest BCUT2D eigenvalue weighted by Gasteiger charge is -2.28. The van der Waals surface area contributed by atoms with Crippen molar-refractivity contribution in [3.05, 3.63) is 30.5 Å². The van der Waals surface area contributed by atoms with Crippen molar-refractivity contribution in [1.82, 2.24) is 4.98 Å². The second-order valence-electron chi connectivity index (χ2n) is 6.63. The summed E-state index contributed by atoms with van der Waals surface area (Å²) in [5.41, 5.74) is 0. The van der Waals surface area contributed by atoms with Crippen LogP contribution in [-0.4, -0.2) is 38.4 Å². The molecule has 0 bridgehead atoms. The Hall–Kier alpha value is -1.81. The molecule has 1 aromatic carbocycles. The monoisotopic (exact) mass is 312 g/mol. The van der Waals surface area contributed by atoms with E-state index in [4.69, 9.17) is 9.47 Å². The fourth-order valence-corrected chi connectivity index (χ4v) is 4.14. The summed E-state index contributed by atoms with van der Waals surface area (Å²) in [6, 6.07) is 8.27. The Bertz CT molecular complexity index is 682. The third-order valence-corrected chi connectivity index (χ3v) is 5.42. The third-order valence-electron chi connectivity index (χ3n) is 5.42. The molecule has 4 heteroatoms. The van der Waals surface area contributed by atoms with Crippen LogP contribution in [0.25, 0.3) is 10.8 Å². The van der Waals surface area contributed by atoms with E-state index in [1.165, 1.54) is 24.6 Å². The van der Waals surface area contributed by atoms with Crippen molar-refractivity contribution >= 4 is 16.6 Å². The number of rotatable bonds is 3. The number of benzene rings is 1. The predicted molar refractivity (Wildman–Crippen MR) is 92.2 cm³/mol. The molecule has 2 aliphatic rings. The van der Waals surface area contributed by atoms with E-state index < -0.39 is 0 Å². The van der Waals surface area contributed by atoms with Crippen molar-refractivity contribution in [3.8, 4) is 5.75 Å². The van der Waals surface area contributed by atoms with E-state index in [2.05, 4.69) is 22.0 Å². The first kappa shape index (κ1) is 14.8. The second-order valence-corrected chi connectivity index (χ2v) is 6.63. The maximum absolute atomic E-state index is 5.51. The Kier molecular flexibility index (Phi) is 4.08. The quantitative estimate of drug-likeness (QED) is 0.869. The highest BCUT2D eigenvalue weighted by Crippen LogP contribution is 2.36. The number of hydrogen-bond donors (Lipinski definition) is 0. The minimum absolute atomic E-state index is 0.779. The van der Waals surface area contributed by atoms with Gasteiger partial charge in [0.2, 0.25) is 0 Å². The molecule has 1 atom stereocenters. The van der Waals surface area contributed by atoms with Crippen LogP contribution in [0.15, 0.2) is 30.5 Å². The molecule has 0 amide bonds. The fraction of sp³-hybridized carbons (Fsp3) is 0.526. The van der Waals surface area contributed by atoms with Gasteiger partial charge in [-0.2, -0.15) is 0 Å². The molecular formula is C19H24N2O2. The van der Waals surface area contributed by atoms with Gasteiger partial charge in [0.05, 0.1) is 7.11 Å². The second kappa shape index (κ2) is 6.36. The van der Waals surface area contributed by atoms with Gasteiger partial charge in [-0.1, -0.05) is 12.1 Å². The van der Waals surface area contributed by atoms with Gasteiger partial charge in [0, 0.05) is 43.3 Å². The maximum atomic E-state index is 5.51. The first-order valence-corrected chi connectivity index (χ1v) is 8.61. The Balaban J connectivity index is 1.60. The SMILES string of the molecule is COc1cccc2c(N3CC[C@H](C4CCOCC4)C3)nccc12. The van der Waals surface area contributed by atoms with Gasteiger partial charge in [-0.05, 0) is 43.2 Å². The molecule has 3 heterocycles. The van der Waals surface area contributed by atoms with E-state index in [-0.39, 0.29) is 0 Å². The summed E-state index contributed by atoms with van der Waals surface area (Å²) < 4.78 is 11.0. The fourth-order valence-electron chi connectivity index (χ4n) is 4.14. The average Bonchev–Trinajstić information content (AvgIpc) is 3.11. The van der Waals surface area contributed by atoms with Gasteiger partial charge in [-0.25, -0.2) is 4.98 Å². The van der Waals surface area contributed by atoms with Crippen LogP contribution in [0, 0.1) is 11.8 Å². The largest absolute Gasteiger partial charge is 0.496 e. The molecule has 2 saturated heterocycles. The first-order valence-electron chi connectivity index (χ1n) is 8.61. The van der Waals surface area contributed by atoms with Crippen molar-refractivity contribution in [3.63, 3.8) is 0 Å². The summed E-state index contributed by atoms with van der Waals surface area (Å²) in [5.74, 6) is 3.63. The number of hydrogen-bond acceptors (Lipinski definition) is 4. The van der Waals surface area contributed by atoms with Gasteiger partial charge in [0.15, 0.2) is 0 Å². The number of ether oxygens (including phenoxy) is 2. The Morgan fingerprint density at radius 2 is 1.96 bits per heavy atom. The van der Waals surface area contributed by atoms with Crippen molar-refractivity contribution in [2.45, 2.75) is 19.3 Å². The van der Waals surface area contributed by atoms with Crippen LogP contribution in [0.5, 0.6) is 5.75 Å².